The largest absolute Gasteiger partial charge is 0.395 e. The van der Waals surface area contributed by atoms with Gasteiger partial charge in [-0.1, -0.05) is 44.2 Å². The first-order chi connectivity index (χ1) is 8.06. The monoisotopic (exact) mass is 237 g/mol. The van der Waals surface area contributed by atoms with Gasteiger partial charge in [0.05, 0.1) is 18.8 Å². The van der Waals surface area contributed by atoms with Crippen LogP contribution in [0.3, 0.4) is 0 Å². The van der Waals surface area contributed by atoms with Crippen molar-refractivity contribution in [2.45, 2.75) is 39.0 Å². The Morgan fingerprint density at radius 2 is 1.71 bits per heavy atom. The fraction of sp³-hybridized carbons (Fsp3) is 0.571. The van der Waals surface area contributed by atoms with Gasteiger partial charge in [0.25, 0.3) is 0 Å². The summed E-state index contributed by atoms with van der Waals surface area (Å²) in [5.41, 5.74) is 0.829. The minimum absolute atomic E-state index is 0.0763. The predicted octanol–water partition coefficient (Wildman–Crippen LogP) is 1.72. The van der Waals surface area contributed by atoms with Crippen molar-refractivity contribution < 1.29 is 10.2 Å². The SMILES string of the molecule is CC(C)C(C)NC(CO)C(O)c1ccccc1. The summed E-state index contributed by atoms with van der Waals surface area (Å²) >= 11 is 0. The molecule has 0 bridgehead atoms. The van der Waals surface area contributed by atoms with E-state index in [0.717, 1.165) is 5.56 Å². The molecule has 0 aromatic heterocycles. The highest BCUT2D eigenvalue weighted by molar-refractivity contribution is 5.18. The summed E-state index contributed by atoms with van der Waals surface area (Å²) in [5, 5.41) is 22.8. The second-order valence-corrected chi connectivity index (χ2v) is 4.84. The molecule has 3 N–H and O–H groups in total. The molecule has 0 aliphatic rings. The highest BCUT2D eigenvalue weighted by atomic mass is 16.3. The summed E-state index contributed by atoms with van der Waals surface area (Å²) in [6, 6.07) is 9.36. The van der Waals surface area contributed by atoms with Gasteiger partial charge in [0.2, 0.25) is 0 Å². The molecule has 0 heterocycles. The van der Waals surface area contributed by atoms with Gasteiger partial charge >= 0.3 is 0 Å². The predicted molar refractivity (Wildman–Crippen MR) is 69.7 cm³/mol. The standard InChI is InChI=1S/C14H23NO2/c1-10(2)11(3)15-13(9-16)14(17)12-7-5-4-6-8-12/h4-8,10-11,13-17H,9H2,1-3H3. The lowest BCUT2D eigenvalue weighted by atomic mass is 9.99. The van der Waals surface area contributed by atoms with Crippen LogP contribution >= 0.6 is 0 Å². The molecule has 0 saturated heterocycles. The number of aliphatic hydroxyl groups is 2. The molecule has 0 spiro atoms. The number of nitrogens with one attached hydrogen (secondary N) is 1. The van der Waals surface area contributed by atoms with E-state index >= 15 is 0 Å². The number of hydrogen-bond acceptors (Lipinski definition) is 3. The topological polar surface area (TPSA) is 52.5 Å². The van der Waals surface area contributed by atoms with Gasteiger partial charge in [0, 0.05) is 6.04 Å². The molecular formula is C14H23NO2. The molecule has 1 aromatic rings. The van der Waals surface area contributed by atoms with Crippen molar-refractivity contribution in [2.24, 2.45) is 5.92 Å². The average Bonchev–Trinajstić information content (AvgIpc) is 2.35. The van der Waals surface area contributed by atoms with E-state index in [1.54, 1.807) is 0 Å². The highest BCUT2D eigenvalue weighted by Crippen LogP contribution is 2.17. The third-order valence-electron chi connectivity index (χ3n) is 3.20. The second-order valence-electron chi connectivity index (χ2n) is 4.84. The number of rotatable bonds is 6. The molecule has 17 heavy (non-hydrogen) atoms. The molecule has 1 rings (SSSR count). The van der Waals surface area contributed by atoms with E-state index in [0.29, 0.717) is 5.92 Å². The molecular weight excluding hydrogens is 214 g/mol. The summed E-state index contributed by atoms with van der Waals surface area (Å²) in [7, 11) is 0. The zero-order valence-electron chi connectivity index (χ0n) is 10.8. The fourth-order valence-corrected chi connectivity index (χ4v) is 1.66. The van der Waals surface area contributed by atoms with Crippen LogP contribution in [0.5, 0.6) is 0 Å². The fourth-order valence-electron chi connectivity index (χ4n) is 1.66. The van der Waals surface area contributed by atoms with Crippen LogP contribution in [0.4, 0.5) is 0 Å². The Morgan fingerprint density at radius 3 is 2.18 bits per heavy atom. The minimum Gasteiger partial charge on any atom is -0.395 e. The lowest BCUT2D eigenvalue weighted by Crippen LogP contribution is -2.45. The molecule has 0 saturated carbocycles. The smallest absolute Gasteiger partial charge is 0.0965 e. The van der Waals surface area contributed by atoms with Crippen LogP contribution in [0.25, 0.3) is 0 Å². The van der Waals surface area contributed by atoms with Gasteiger partial charge < -0.3 is 15.5 Å². The average molecular weight is 237 g/mol. The van der Waals surface area contributed by atoms with E-state index in [1.807, 2.05) is 30.3 Å². The molecule has 1 aromatic carbocycles. The van der Waals surface area contributed by atoms with E-state index in [1.165, 1.54) is 0 Å². The van der Waals surface area contributed by atoms with E-state index in [4.69, 9.17) is 0 Å². The van der Waals surface area contributed by atoms with E-state index in [2.05, 4.69) is 26.1 Å². The van der Waals surface area contributed by atoms with Crippen molar-refractivity contribution in [3.63, 3.8) is 0 Å². The molecule has 96 valence electrons. The van der Waals surface area contributed by atoms with E-state index < -0.39 is 6.10 Å². The lowest BCUT2D eigenvalue weighted by molar-refractivity contribution is 0.0809. The molecule has 3 nitrogen and oxygen atoms in total. The summed E-state index contributed by atoms with van der Waals surface area (Å²) in [5.74, 6) is 0.465. The maximum Gasteiger partial charge on any atom is 0.0965 e. The number of aliphatic hydroxyl groups excluding tert-OH is 2. The van der Waals surface area contributed by atoms with Crippen molar-refractivity contribution in [3.8, 4) is 0 Å². The van der Waals surface area contributed by atoms with Gasteiger partial charge in [-0.3, -0.25) is 0 Å². The first-order valence-electron chi connectivity index (χ1n) is 6.16. The van der Waals surface area contributed by atoms with Crippen LogP contribution in [0.1, 0.15) is 32.4 Å². The van der Waals surface area contributed by atoms with Gasteiger partial charge in [0.1, 0.15) is 0 Å². The molecule has 3 heteroatoms. The first-order valence-corrected chi connectivity index (χ1v) is 6.16. The molecule has 3 unspecified atom stereocenters. The van der Waals surface area contributed by atoms with Crippen molar-refractivity contribution in [2.75, 3.05) is 6.61 Å². The van der Waals surface area contributed by atoms with Crippen molar-refractivity contribution >= 4 is 0 Å². The van der Waals surface area contributed by atoms with Crippen LogP contribution < -0.4 is 5.32 Å². The Bertz CT molecular complexity index is 313. The molecule has 0 aliphatic carbocycles. The van der Waals surface area contributed by atoms with Gasteiger partial charge in [0.15, 0.2) is 0 Å². The molecule has 0 fully saturated rings. The summed E-state index contributed by atoms with van der Waals surface area (Å²) < 4.78 is 0. The van der Waals surface area contributed by atoms with E-state index in [-0.39, 0.29) is 18.7 Å². The summed E-state index contributed by atoms with van der Waals surface area (Å²) in [4.78, 5) is 0. The second kappa shape index (κ2) is 6.74. The van der Waals surface area contributed by atoms with Crippen LogP contribution in [-0.4, -0.2) is 28.9 Å². The third kappa shape index (κ3) is 4.11. The molecule has 0 aliphatic heterocycles. The first kappa shape index (κ1) is 14.2. The Hall–Kier alpha value is -0.900. The van der Waals surface area contributed by atoms with Gasteiger partial charge in [-0.2, -0.15) is 0 Å². The Kier molecular flexibility index (Phi) is 5.62. The lowest BCUT2D eigenvalue weighted by Gasteiger charge is -2.28. The quantitative estimate of drug-likeness (QED) is 0.706. The Labute approximate surface area is 103 Å². The van der Waals surface area contributed by atoms with Crippen LogP contribution in [0.15, 0.2) is 30.3 Å². The molecule has 0 radical (unpaired) electrons. The minimum atomic E-state index is -0.678. The van der Waals surface area contributed by atoms with Crippen molar-refractivity contribution in [1.82, 2.24) is 5.32 Å². The van der Waals surface area contributed by atoms with Crippen LogP contribution in [0, 0.1) is 5.92 Å². The summed E-state index contributed by atoms with van der Waals surface area (Å²) in [6.07, 6.45) is -0.678. The number of hydrogen-bond donors (Lipinski definition) is 3. The van der Waals surface area contributed by atoms with E-state index in [9.17, 15) is 10.2 Å². The van der Waals surface area contributed by atoms with Crippen LogP contribution in [0.2, 0.25) is 0 Å². The molecule has 0 amide bonds. The molecule has 3 atom stereocenters. The van der Waals surface area contributed by atoms with Gasteiger partial charge in [-0.25, -0.2) is 0 Å². The van der Waals surface area contributed by atoms with Crippen LogP contribution in [-0.2, 0) is 0 Å². The van der Waals surface area contributed by atoms with Gasteiger partial charge in [-0.15, -0.1) is 0 Å². The Morgan fingerprint density at radius 1 is 1.12 bits per heavy atom. The summed E-state index contributed by atoms with van der Waals surface area (Å²) in [6.45, 7) is 6.21. The van der Waals surface area contributed by atoms with Crippen molar-refractivity contribution in [3.05, 3.63) is 35.9 Å². The maximum atomic E-state index is 10.2. The zero-order chi connectivity index (χ0) is 12.8. The normalized spacial score (nSPS) is 16.8. The zero-order valence-corrected chi connectivity index (χ0v) is 10.8. The Balaban J connectivity index is 2.67. The number of benzene rings is 1. The highest BCUT2D eigenvalue weighted by Gasteiger charge is 2.22. The van der Waals surface area contributed by atoms with Gasteiger partial charge in [-0.05, 0) is 18.4 Å². The maximum absolute atomic E-state index is 10.2. The van der Waals surface area contributed by atoms with Crippen molar-refractivity contribution in [1.29, 1.82) is 0 Å². The third-order valence-corrected chi connectivity index (χ3v) is 3.20.